The molecule has 0 aliphatic rings. The SMILES string of the molecule is CCCCCCCCCCCCC/C=C(/SCC(=O)O)C(O)CCC(=O)O. The van der Waals surface area contributed by atoms with Crippen molar-refractivity contribution in [3.05, 3.63) is 11.0 Å². The van der Waals surface area contributed by atoms with E-state index in [1.807, 2.05) is 6.08 Å². The standard InChI is InChI=1S/C21H38O5S/c1-2-3-4-5-6-7-8-9-10-11-12-13-14-19(27-17-21(25)26)18(22)15-16-20(23)24/h14,18,22H,2-13,15-17H2,1H3,(H,23,24)(H,25,26)/b19-14+. The van der Waals surface area contributed by atoms with E-state index in [9.17, 15) is 14.7 Å². The second-order valence-corrected chi connectivity index (χ2v) is 8.11. The van der Waals surface area contributed by atoms with Crippen molar-refractivity contribution in [3.63, 3.8) is 0 Å². The zero-order valence-electron chi connectivity index (χ0n) is 16.8. The van der Waals surface area contributed by atoms with Crippen LogP contribution in [-0.4, -0.2) is 39.1 Å². The topological polar surface area (TPSA) is 94.8 Å². The summed E-state index contributed by atoms with van der Waals surface area (Å²) in [6, 6.07) is 0. The molecule has 0 aliphatic heterocycles. The molecule has 5 nitrogen and oxygen atoms in total. The summed E-state index contributed by atoms with van der Waals surface area (Å²) < 4.78 is 0. The van der Waals surface area contributed by atoms with Crippen LogP contribution in [0.25, 0.3) is 0 Å². The first-order valence-electron chi connectivity index (χ1n) is 10.4. The summed E-state index contributed by atoms with van der Waals surface area (Å²) in [7, 11) is 0. The van der Waals surface area contributed by atoms with Crippen molar-refractivity contribution < 1.29 is 24.9 Å². The van der Waals surface area contributed by atoms with Gasteiger partial charge in [0.2, 0.25) is 0 Å². The lowest BCUT2D eigenvalue weighted by atomic mass is 10.0. The van der Waals surface area contributed by atoms with Crippen molar-refractivity contribution in [2.24, 2.45) is 0 Å². The third-order valence-corrected chi connectivity index (χ3v) is 5.64. The van der Waals surface area contributed by atoms with Crippen LogP contribution < -0.4 is 0 Å². The van der Waals surface area contributed by atoms with Crippen molar-refractivity contribution in [3.8, 4) is 0 Å². The second-order valence-electron chi connectivity index (χ2n) is 7.06. The molecule has 0 radical (unpaired) electrons. The largest absolute Gasteiger partial charge is 0.481 e. The molecule has 0 bridgehead atoms. The third-order valence-electron chi connectivity index (χ3n) is 4.48. The van der Waals surface area contributed by atoms with E-state index in [-0.39, 0.29) is 18.6 Å². The van der Waals surface area contributed by atoms with Crippen molar-refractivity contribution in [2.45, 2.75) is 103 Å². The average molecular weight is 403 g/mol. The van der Waals surface area contributed by atoms with Crippen LogP contribution in [0.5, 0.6) is 0 Å². The van der Waals surface area contributed by atoms with Gasteiger partial charge in [-0.05, 0) is 19.3 Å². The molecular formula is C21H38O5S. The quantitative estimate of drug-likeness (QED) is 0.243. The number of carboxylic acid groups (broad SMARTS) is 2. The van der Waals surface area contributed by atoms with Crippen molar-refractivity contribution in [1.29, 1.82) is 0 Å². The number of unbranched alkanes of at least 4 members (excludes halogenated alkanes) is 11. The van der Waals surface area contributed by atoms with E-state index in [0.29, 0.717) is 4.91 Å². The fraction of sp³-hybridized carbons (Fsp3) is 0.810. The van der Waals surface area contributed by atoms with Crippen LogP contribution in [0.15, 0.2) is 11.0 Å². The summed E-state index contributed by atoms with van der Waals surface area (Å²) in [6.45, 7) is 2.24. The third kappa shape index (κ3) is 18.1. The van der Waals surface area contributed by atoms with Gasteiger partial charge in [0.05, 0.1) is 11.9 Å². The molecule has 0 aliphatic carbocycles. The first kappa shape index (κ1) is 26.0. The normalized spacial score (nSPS) is 12.9. The number of aliphatic hydroxyl groups excluding tert-OH is 1. The van der Waals surface area contributed by atoms with Gasteiger partial charge in [0.15, 0.2) is 0 Å². The van der Waals surface area contributed by atoms with Gasteiger partial charge in [-0.1, -0.05) is 77.2 Å². The molecule has 6 heteroatoms. The number of hydrogen-bond acceptors (Lipinski definition) is 4. The molecule has 0 fully saturated rings. The Balaban J connectivity index is 3.91. The van der Waals surface area contributed by atoms with Gasteiger partial charge < -0.3 is 15.3 Å². The van der Waals surface area contributed by atoms with Crippen molar-refractivity contribution >= 4 is 23.7 Å². The number of thioether (sulfide) groups is 1. The highest BCUT2D eigenvalue weighted by atomic mass is 32.2. The summed E-state index contributed by atoms with van der Waals surface area (Å²) in [5, 5.41) is 27.6. The highest BCUT2D eigenvalue weighted by molar-refractivity contribution is 8.03. The van der Waals surface area contributed by atoms with Crippen LogP contribution in [0.4, 0.5) is 0 Å². The van der Waals surface area contributed by atoms with Gasteiger partial charge in [0.1, 0.15) is 0 Å². The maximum atomic E-state index is 10.7. The predicted molar refractivity (Wildman–Crippen MR) is 112 cm³/mol. The van der Waals surface area contributed by atoms with E-state index in [2.05, 4.69) is 6.92 Å². The number of carbonyl (C=O) groups is 2. The van der Waals surface area contributed by atoms with Crippen LogP contribution in [0.3, 0.4) is 0 Å². The Hall–Kier alpha value is -1.01. The number of carboxylic acids is 2. The fourth-order valence-corrected chi connectivity index (χ4v) is 3.73. The van der Waals surface area contributed by atoms with E-state index in [4.69, 9.17) is 10.2 Å². The van der Waals surface area contributed by atoms with Gasteiger partial charge in [-0.3, -0.25) is 9.59 Å². The zero-order valence-corrected chi connectivity index (χ0v) is 17.6. The van der Waals surface area contributed by atoms with E-state index in [1.165, 1.54) is 57.8 Å². The molecule has 1 unspecified atom stereocenters. The molecule has 0 rings (SSSR count). The Bertz CT molecular complexity index is 423. The summed E-state index contributed by atoms with van der Waals surface area (Å²) in [5.74, 6) is -2.01. The summed E-state index contributed by atoms with van der Waals surface area (Å²) in [5.41, 5.74) is 0. The molecule has 0 saturated carbocycles. The molecule has 0 aromatic rings. The number of rotatable bonds is 19. The minimum Gasteiger partial charge on any atom is -0.481 e. The van der Waals surface area contributed by atoms with Crippen LogP contribution in [0, 0.1) is 0 Å². The highest BCUT2D eigenvalue weighted by Crippen LogP contribution is 2.24. The van der Waals surface area contributed by atoms with E-state index in [1.54, 1.807) is 0 Å². The van der Waals surface area contributed by atoms with Crippen LogP contribution in [0.1, 0.15) is 96.8 Å². The summed E-state index contributed by atoms with van der Waals surface area (Å²) in [6.07, 6.45) is 15.8. The first-order chi connectivity index (χ1) is 13.0. The molecule has 27 heavy (non-hydrogen) atoms. The Morgan fingerprint density at radius 3 is 1.85 bits per heavy atom. The molecule has 158 valence electrons. The average Bonchev–Trinajstić information content (AvgIpc) is 2.62. The molecular weight excluding hydrogens is 364 g/mol. The molecule has 0 amide bonds. The monoisotopic (exact) mass is 402 g/mol. The van der Waals surface area contributed by atoms with Gasteiger partial charge in [0, 0.05) is 11.3 Å². The van der Waals surface area contributed by atoms with Gasteiger partial charge >= 0.3 is 11.9 Å². The second kappa shape index (κ2) is 18.4. The number of allylic oxidation sites excluding steroid dienone is 1. The Labute approximate surface area is 168 Å². The first-order valence-corrected chi connectivity index (χ1v) is 11.4. The zero-order chi connectivity index (χ0) is 20.3. The lowest BCUT2D eigenvalue weighted by Crippen LogP contribution is -2.12. The summed E-state index contributed by atoms with van der Waals surface area (Å²) in [4.78, 5) is 22.0. The van der Waals surface area contributed by atoms with Crippen LogP contribution >= 0.6 is 11.8 Å². The minimum absolute atomic E-state index is 0.117. The molecule has 0 heterocycles. The van der Waals surface area contributed by atoms with Crippen molar-refractivity contribution in [2.75, 3.05) is 5.75 Å². The number of aliphatic hydroxyl groups is 1. The van der Waals surface area contributed by atoms with Crippen LogP contribution in [0.2, 0.25) is 0 Å². The molecule has 3 N–H and O–H groups in total. The van der Waals surface area contributed by atoms with Gasteiger partial charge in [0.25, 0.3) is 0 Å². The lowest BCUT2D eigenvalue weighted by Gasteiger charge is -2.13. The minimum atomic E-state index is -0.956. The van der Waals surface area contributed by atoms with E-state index in [0.717, 1.165) is 31.0 Å². The van der Waals surface area contributed by atoms with Crippen LogP contribution in [-0.2, 0) is 9.59 Å². The van der Waals surface area contributed by atoms with Crippen molar-refractivity contribution in [1.82, 2.24) is 0 Å². The smallest absolute Gasteiger partial charge is 0.313 e. The Morgan fingerprint density at radius 2 is 1.37 bits per heavy atom. The molecule has 0 saturated heterocycles. The fourth-order valence-electron chi connectivity index (χ4n) is 2.89. The summed E-state index contributed by atoms with van der Waals surface area (Å²) >= 11 is 1.09. The molecule has 1 atom stereocenters. The van der Waals surface area contributed by atoms with E-state index >= 15 is 0 Å². The maximum absolute atomic E-state index is 10.7. The Kier molecular flexibility index (Phi) is 17.7. The van der Waals surface area contributed by atoms with Gasteiger partial charge in [-0.15, -0.1) is 11.8 Å². The van der Waals surface area contributed by atoms with Gasteiger partial charge in [-0.2, -0.15) is 0 Å². The van der Waals surface area contributed by atoms with E-state index < -0.39 is 18.0 Å². The Morgan fingerprint density at radius 1 is 0.852 bits per heavy atom. The molecule has 0 aromatic carbocycles. The maximum Gasteiger partial charge on any atom is 0.313 e. The molecule has 0 aromatic heterocycles. The van der Waals surface area contributed by atoms with Gasteiger partial charge in [-0.25, -0.2) is 0 Å². The lowest BCUT2D eigenvalue weighted by molar-refractivity contribution is -0.137. The predicted octanol–water partition coefficient (Wildman–Crippen LogP) is 5.61. The highest BCUT2D eigenvalue weighted by Gasteiger charge is 2.14. The number of aliphatic carboxylic acids is 2. The number of hydrogen-bond donors (Lipinski definition) is 3. The molecule has 0 spiro atoms.